The van der Waals surface area contributed by atoms with E-state index in [1.807, 2.05) is 74.5 Å². The van der Waals surface area contributed by atoms with Crippen LogP contribution >= 0.6 is 0 Å². The first-order valence-electron chi connectivity index (χ1n) is 15.2. The molecular weight excluding hydrogens is 578 g/mol. The van der Waals surface area contributed by atoms with Gasteiger partial charge in [0.05, 0.1) is 6.04 Å². The van der Waals surface area contributed by atoms with Crippen LogP contribution in [0, 0.1) is 17.0 Å². The average molecular weight is 623 g/mol. The molecule has 0 radical (unpaired) electrons. The minimum absolute atomic E-state index is 0.00602. The quantitative estimate of drug-likeness (QED) is 0.168. The van der Waals surface area contributed by atoms with E-state index in [0.717, 1.165) is 29.3 Å². The number of hydrogen-bond donors (Lipinski definition) is 4. The van der Waals surface area contributed by atoms with Crippen molar-refractivity contribution in [2.24, 2.45) is 16.9 Å². The van der Waals surface area contributed by atoms with Crippen LogP contribution in [-0.2, 0) is 38.4 Å². The molecule has 3 atom stereocenters. The number of amides is 2. The third-order valence-electron chi connectivity index (χ3n) is 7.35. The molecule has 0 aromatic heterocycles. The number of nitrogens with one attached hydrogen (secondary N) is 2. The standard InChI is InChI=1S/C35H44F2N4O4/c1-35(2,22-40-31(42)21-28(38)20-26-19-27(36)16-17-29(26)37)23-41-34(44)33(30(39)18-25-12-7-4-8-13-25)45-32(43)15-9-14-24-10-5-3-6-11-24/h3-8,10-13,16-17,19,28,30,33H,9,14-15,18,20-23,38-39H2,1-2H3,(H,40,42)(H,41,44). The molecule has 242 valence electrons. The highest BCUT2D eigenvalue weighted by molar-refractivity contribution is 5.84. The third kappa shape index (κ3) is 12.8. The molecule has 0 spiro atoms. The van der Waals surface area contributed by atoms with Gasteiger partial charge in [0, 0.05) is 32.0 Å². The van der Waals surface area contributed by atoms with Crippen molar-refractivity contribution < 1.29 is 27.9 Å². The molecule has 8 nitrogen and oxygen atoms in total. The fourth-order valence-electron chi connectivity index (χ4n) is 4.80. The van der Waals surface area contributed by atoms with Crippen molar-refractivity contribution in [3.05, 3.63) is 107 Å². The monoisotopic (exact) mass is 622 g/mol. The molecule has 2 amide bonds. The van der Waals surface area contributed by atoms with Crippen molar-refractivity contribution in [1.29, 1.82) is 0 Å². The van der Waals surface area contributed by atoms with Gasteiger partial charge < -0.3 is 26.8 Å². The lowest BCUT2D eigenvalue weighted by molar-refractivity contribution is -0.157. The summed E-state index contributed by atoms with van der Waals surface area (Å²) in [6, 6.07) is 20.8. The summed E-state index contributed by atoms with van der Waals surface area (Å²) in [4.78, 5) is 38.6. The summed E-state index contributed by atoms with van der Waals surface area (Å²) in [5.74, 6) is -2.54. The number of esters is 1. The first-order chi connectivity index (χ1) is 21.4. The Labute approximate surface area is 263 Å². The number of nitrogens with two attached hydrogens (primary N) is 2. The maximum atomic E-state index is 13.9. The van der Waals surface area contributed by atoms with E-state index in [9.17, 15) is 23.2 Å². The SMILES string of the molecule is CC(C)(CNC(=O)CC(N)Cc1cc(F)ccc1F)CNC(=O)C(OC(=O)CCCc1ccccc1)C(N)Cc1ccccc1. The Morgan fingerprint density at radius 1 is 0.844 bits per heavy atom. The van der Waals surface area contributed by atoms with E-state index in [2.05, 4.69) is 10.6 Å². The summed E-state index contributed by atoms with van der Waals surface area (Å²) in [5, 5.41) is 5.63. The summed E-state index contributed by atoms with van der Waals surface area (Å²) in [5.41, 5.74) is 14.0. The number of aryl methyl sites for hydroxylation is 1. The highest BCUT2D eigenvalue weighted by atomic mass is 19.1. The summed E-state index contributed by atoms with van der Waals surface area (Å²) >= 11 is 0. The van der Waals surface area contributed by atoms with Crippen molar-refractivity contribution in [2.75, 3.05) is 13.1 Å². The zero-order valence-corrected chi connectivity index (χ0v) is 25.9. The number of carbonyl (C=O) groups excluding carboxylic acids is 3. The van der Waals surface area contributed by atoms with Crippen LogP contribution in [0.25, 0.3) is 0 Å². The van der Waals surface area contributed by atoms with E-state index < -0.39 is 47.1 Å². The Morgan fingerprint density at radius 2 is 1.47 bits per heavy atom. The Bertz CT molecular complexity index is 1390. The van der Waals surface area contributed by atoms with Gasteiger partial charge in [-0.25, -0.2) is 8.78 Å². The van der Waals surface area contributed by atoms with Crippen molar-refractivity contribution in [2.45, 2.75) is 70.6 Å². The van der Waals surface area contributed by atoms with Gasteiger partial charge in [0.25, 0.3) is 5.91 Å². The molecule has 0 aliphatic heterocycles. The number of carbonyl (C=O) groups is 3. The molecule has 10 heteroatoms. The molecule has 0 aliphatic carbocycles. The summed E-state index contributed by atoms with van der Waals surface area (Å²) < 4.78 is 33.0. The molecule has 0 fully saturated rings. The zero-order chi connectivity index (χ0) is 32.8. The molecule has 3 aromatic rings. The van der Waals surface area contributed by atoms with Crippen LogP contribution in [-0.4, -0.2) is 49.1 Å². The van der Waals surface area contributed by atoms with Gasteiger partial charge in [0.2, 0.25) is 5.91 Å². The predicted octanol–water partition coefficient (Wildman–Crippen LogP) is 3.99. The molecule has 0 aliphatic rings. The first-order valence-corrected chi connectivity index (χ1v) is 15.2. The van der Waals surface area contributed by atoms with Crippen LogP contribution < -0.4 is 22.1 Å². The molecule has 0 heterocycles. The third-order valence-corrected chi connectivity index (χ3v) is 7.35. The molecule has 3 rings (SSSR count). The highest BCUT2D eigenvalue weighted by Crippen LogP contribution is 2.16. The Hall–Kier alpha value is -4.15. The molecule has 3 aromatic carbocycles. The van der Waals surface area contributed by atoms with Crippen LogP contribution in [0.4, 0.5) is 8.78 Å². The second kappa shape index (κ2) is 17.4. The molecular formula is C35H44F2N4O4. The van der Waals surface area contributed by atoms with Crippen molar-refractivity contribution >= 4 is 17.8 Å². The van der Waals surface area contributed by atoms with E-state index >= 15 is 0 Å². The average Bonchev–Trinajstić information content (AvgIpc) is 3.00. The first kappa shape index (κ1) is 35.3. The van der Waals surface area contributed by atoms with E-state index in [1.54, 1.807) is 0 Å². The molecule has 3 unspecified atom stereocenters. The minimum Gasteiger partial charge on any atom is -0.451 e. The number of benzene rings is 3. The highest BCUT2D eigenvalue weighted by Gasteiger charge is 2.31. The number of hydrogen-bond acceptors (Lipinski definition) is 6. The lowest BCUT2D eigenvalue weighted by Gasteiger charge is -2.28. The van der Waals surface area contributed by atoms with Crippen LogP contribution in [0.2, 0.25) is 0 Å². The second-order valence-electron chi connectivity index (χ2n) is 12.2. The largest absolute Gasteiger partial charge is 0.451 e. The Kier molecular flexibility index (Phi) is 13.6. The van der Waals surface area contributed by atoms with Gasteiger partial charge in [-0.05, 0) is 66.0 Å². The minimum atomic E-state index is -1.21. The van der Waals surface area contributed by atoms with Crippen molar-refractivity contribution in [3.8, 4) is 0 Å². The molecule has 0 bridgehead atoms. The van der Waals surface area contributed by atoms with E-state index in [4.69, 9.17) is 16.2 Å². The fraction of sp³-hybridized carbons (Fsp3) is 0.400. The number of ether oxygens (including phenoxy) is 1. The summed E-state index contributed by atoms with van der Waals surface area (Å²) in [7, 11) is 0. The van der Waals surface area contributed by atoms with Gasteiger partial charge in [-0.1, -0.05) is 74.5 Å². The van der Waals surface area contributed by atoms with Crippen LogP contribution in [0.1, 0.15) is 49.8 Å². The van der Waals surface area contributed by atoms with Crippen molar-refractivity contribution in [1.82, 2.24) is 10.6 Å². The lowest BCUT2D eigenvalue weighted by atomic mass is 9.92. The fourth-order valence-corrected chi connectivity index (χ4v) is 4.80. The maximum Gasteiger partial charge on any atom is 0.306 e. The normalized spacial score (nSPS) is 13.4. The Morgan fingerprint density at radius 3 is 2.13 bits per heavy atom. The van der Waals surface area contributed by atoms with Gasteiger partial charge in [0.15, 0.2) is 6.10 Å². The summed E-state index contributed by atoms with van der Waals surface area (Å²) in [6.45, 7) is 4.06. The van der Waals surface area contributed by atoms with Gasteiger partial charge in [-0.3, -0.25) is 14.4 Å². The second-order valence-corrected chi connectivity index (χ2v) is 12.2. The molecule has 6 N–H and O–H groups in total. The predicted molar refractivity (Wildman–Crippen MR) is 170 cm³/mol. The molecule has 0 saturated heterocycles. The smallest absolute Gasteiger partial charge is 0.306 e. The summed E-state index contributed by atoms with van der Waals surface area (Å²) in [6.07, 6.45) is 0.452. The van der Waals surface area contributed by atoms with Gasteiger partial charge >= 0.3 is 5.97 Å². The van der Waals surface area contributed by atoms with Crippen LogP contribution in [0.15, 0.2) is 78.9 Å². The molecule has 45 heavy (non-hydrogen) atoms. The lowest BCUT2D eigenvalue weighted by Crippen LogP contribution is -2.52. The zero-order valence-electron chi connectivity index (χ0n) is 25.9. The topological polar surface area (TPSA) is 137 Å². The van der Waals surface area contributed by atoms with E-state index in [1.165, 1.54) is 0 Å². The number of halogens is 2. The van der Waals surface area contributed by atoms with Gasteiger partial charge in [-0.2, -0.15) is 0 Å². The maximum absolute atomic E-state index is 13.9. The van der Waals surface area contributed by atoms with E-state index in [0.29, 0.717) is 19.3 Å². The van der Waals surface area contributed by atoms with E-state index in [-0.39, 0.29) is 43.8 Å². The van der Waals surface area contributed by atoms with Crippen molar-refractivity contribution in [3.63, 3.8) is 0 Å². The van der Waals surface area contributed by atoms with Crippen LogP contribution in [0.3, 0.4) is 0 Å². The van der Waals surface area contributed by atoms with Gasteiger partial charge in [0.1, 0.15) is 11.6 Å². The number of rotatable bonds is 17. The van der Waals surface area contributed by atoms with Crippen LogP contribution in [0.5, 0.6) is 0 Å². The Balaban J connectivity index is 1.52. The van der Waals surface area contributed by atoms with Gasteiger partial charge in [-0.15, -0.1) is 0 Å². The molecule has 0 saturated carbocycles.